The highest BCUT2D eigenvalue weighted by Gasteiger charge is 2.14. The molecular weight excluding hydrogens is 292 g/mol. The first-order valence-corrected chi connectivity index (χ1v) is 8.48. The van der Waals surface area contributed by atoms with Gasteiger partial charge in [0.05, 0.1) is 0 Å². The van der Waals surface area contributed by atoms with Crippen LogP contribution in [0.4, 0.5) is 11.4 Å². The third-order valence-corrected chi connectivity index (χ3v) is 4.74. The van der Waals surface area contributed by atoms with Crippen LogP contribution in [-0.4, -0.2) is 11.6 Å². The molecule has 0 unspecified atom stereocenters. The van der Waals surface area contributed by atoms with Crippen molar-refractivity contribution in [1.29, 1.82) is 0 Å². The van der Waals surface area contributed by atoms with Crippen molar-refractivity contribution in [3.05, 3.63) is 72.8 Å². The first kappa shape index (κ1) is 14.8. The zero-order chi connectivity index (χ0) is 16.7. The zero-order valence-corrected chi connectivity index (χ0v) is 14.4. The van der Waals surface area contributed by atoms with Gasteiger partial charge in [-0.1, -0.05) is 36.4 Å². The van der Waals surface area contributed by atoms with Gasteiger partial charge in [0.25, 0.3) is 0 Å². The standard InChI is InChI=1S/C22H22N2/c1-16(2)24-21-12-8-7-11-19(21)20-15-18(13-14-22(20)24)23(3)17-9-5-4-6-10-17/h4-16H,1-3H3. The second kappa shape index (κ2) is 5.72. The number of hydrogen-bond acceptors (Lipinski definition) is 1. The molecule has 0 spiro atoms. The van der Waals surface area contributed by atoms with E-state index in [-0.39, 0.29) is 0 Å². The van der Waals surface area contributed by atoms with E-state index in [1.807, 2.05) is 0 Å². The second-order valence-corrected chi connectivity index (χ2v) is 6.58. The van der Waals surface area contributed by atoms with Crippen molar-refractivity contribution in [3.63, 3.8) is 0 Å². The highest BCUT2D eigenvalue weighted by atomic mass is 15.1. The maximum Gasteiger partial charge on any atom is 0.0495 e. The minimum absolute atomic E-state index is 0.435. The van der Waals surface area contributed by atoms with E-state index in [4.69, 9.17) is 0 Å². The summed E-state index contributed by atoms with van der Waals surface area (Å²) in [5.74, 6) is 0. The first-order chi connectivity index (χ1) is 11.7. The number of rotatable bonds is 3. The Bertz CT molecular complexity index is 997. The lowest BCUT2D eigenvalue weighted by Gasteiger charge is -2.20. The molecule has 4 aromatic rings. The fourth-order valence-electron chi connectivity index (χ4n) is 3.56. The molecule has 0 amide bonds. The number of para-hydroxylation sites is 2. The van der Waals surface area contributed by atoms with E-state index in [2.05, 4.69) is 103 Å². The van der Waals surface area contributed by atoms with Crippen LogP contribution in [0.15, 0.2) is 72.8 Å². The Labute approximate surface area is 142 Å². The summed E-state index contributed by atoms with van der Waals surface area (Å²) in [4.78, 5) is 2.24. The Morgan fingerprint density at radius 3 is 2.12 bits per heavy atom. The van der Waals surface area contributed by atoms with Crippen molar-refractivity contribution < 1.29 is 0 Å². The quantitative estimate of drug-likeness (QED) is 0.441. The molecule has 0 saturated heterocycles. The molecule has 4 rings (SSSR count). The van der Waals surface area contributed by atoms with Crippen LogP contribution < -0.4 is 4.90 Å². The van der Waals surface area contributed by atoms with Gasteiger partial charge >= 0.3 is 0 Å². The molecule has 120 valence electrons. The lowest BCUT2D eigenvalue weighted by molar-refractivity contribution is 0.642. The number of nitrogens with zero attached hydrogens (tertiary/aromatic N) is 2. The molecule has 0 fully saturated rings. The predicted molar refractivity (Wildman–Crippen MR) is 104 cm³/mol. The fourth-order valence-corrected chi connectivity index (χ4v) is 3.56. The van der Waals surface area contributed by atoms with Crippen molar-refractivity contribution in [1.82, 2.24) is 4.57 Å². The van der Waals surface area contributed by atoms with Crippen LogP contribution in [0.25, 0.3) is 21.8 Å². The van der Waals surface area contributed by atoms with E-state index in [0.29, 0.717) is 6.04 Å². The SMILES string of the molecule is CC(C)n1c2ccccc2c2cc(N(C)c3ccccc3)ccc21. The van der Waals surface area contributed by atoms with Gasteiger partial charge in [-0.05, 0) is 50.2 Å². The van der Waals surface area contributed by atoms with Crippen LogP contribution in [0.3, 0.4) is 0 Å². The van der Waals surface area contributed by atoms with E-state index in [1.165, 1.54) is 33.2 Å². The lowest BCUT2D eigenvalue weighted by Crippen LogP contribution is -2.09. The van der Waals surface area contributed by atoms with E-state index < -0.39 is 0 Å². The largest absolute Gasteiger partial charge is 0.345 e. The Morgan fingerprint density at radius 1 is 0.708 bits per heavy atom. The molecule has 2 nitrogen and oxygen atoms in total. The van der Waals surface area contributed by atoms with Gasteiger partial charge in [0.2, 0.25) is 0 Å². The molecule has 0 aliphatic rings. The summed E-state index contributed by atoms with van der Waals surface area (Å²) in [6.07, 6.45) is 0. The van der Waals surface area contributed by atoms with Crippen LogP contribution in [0, 0.1) is 0 Å². The van der Waals surface area contributed by atoms with E-state index in [1.54, 1.807) is 0 Å². The van der Waals surface area contributed by atoms with Crippen molar-refractivity contribution in [2.24, 2.45) is 0 Å². The zero-order valence-electron chi connectivity index (χ0n) is 14.4. The molecule has 0 atom stereocenters. The minimum atomic E-state index is 0.435. The summed E-state index contributed by atoms with van der Waals surface area (Å²) in [5, 5.41) is 2.64. The Balaban J connectivity index is 1.94. The smallest absolute Gasteiger partial charge is 0.0495 e. The third-order valence-electron chi connectivity index (χ3n) is 4.74. The lowest BCUT2D eigenvalue weighted by atomic mass is 10.1. The number of hydrogen-bond donors (Lipinski definition) is 0. The molecule has 24 heavy (non-hydrogen) atoms. The van der Waals surface area contributed by atoms with Gasteiger partial charge in [-0.3, -0.25) is 0 Å². The van der Waals surface area contributed by atoms with Gasteiger partial charge in [0.1, 0.15) is 0 Å². The van der Waals surface area contributed by atoms with Gasteiger partial charge in [-0.15, -0.1) is 0 Å². The number of anilines is 2. The molecule has 0 aliphatic heterocycles. The van der Waals surface area contributed by atoms with Crippen LogP contribution in [0.5, 0.6) is 0 Å². The molecule has 2 heteroatoms. The van der Waals surface area contributed by atoms with Crippen LogP contribution >= 0.6 is 0 Å². The molecule has 0 saturated carbocycles. The molecule has 0 radical (unpaired) electrons. The average Bonchev–Trinajstić information content (AvgIpc) is 2.95. The van der Waals surface area contributed by atoms with Gasteiger partial charge in [0.15, 0.2) is 0 Å². The third kappa shape index (κ3) is 2.26. The predicted octanol–water partition coefficient (Wildman–Crippen LogP) is 6.14. The van der Waals surface area contributed by atoms with Crippen molar-refractivity contribution in [2.45, 2.75) is 19.9 Å². The topological polar surface area (TPSA) is 8.17 Å². The summed E-state index contributed by atoms with van der Waals surface area (Å²) < 4.78 is 2.43. The van der Waals surface area contributed by atoms with Crippen LogP contribution in [-0.2, 0) is 0 Å². The Hall–Kier alpha value is -2.74. The molecule has 0 bridgehead atoms. The molecule has 3 aromatic carbocycles. The van der Waals surface area contributed by atoms with E-state index in [9.17, 15) is 0 Å². The summed E-state index contributed by atoms with van der Waals surface area (Å²) in [7, 11) is 2.12. The van der Waals surface area contributed by atoms with E-state index in [0.717, 1.165) is 0 Å². The normalized spacial score (nSPS) is 11.5. The molecular formula is C22H22N2. The highest BCUT2D eigenvalue weighted by Crippen LogP contribution is 2.35. The van der Waals surface area contributed by atoms with Gasteiger partial charge in [0, 0.05) is 46.3 Å². The van der Waals surface area contributed by atoms with Crippen molar-refractivity contribution in [2.75, 3.05) is 11.9 Å². The Morgan fingerprint density at radius 2 is 1.38 bits per heavy atom. The van der Waals surface area contributed by atoms with Crippen molar-refractivity contribution in [3.8, 4) is 0 Å². The Kier molecular flexibility index (Phi) is 3.53. The minimum Gasteiger partial charge on any atom is -0.345 e. The summed E-state index contributed by atoms with van der Waals surface area (Å²) in [5.41, 5.74) is 5.02. The monoisotopic (exact) mass is 314 g/mol. The maximum atomic E-state index is 2.43. The molecule has 1 aromatic heterocycles. The van der Waals surface area contributed by atoms with Crippen LogP contribution in [0.1, 0.15) is 19.9 Å². The summed E-state index contributed by atoms with van der Waals surface area (Å²) in [6.45, 7) is 4.49. The number of fused-ring (bicyclic) bond motifs is 3. The first-order valence-electron chi connectivity index (χ1n) is 8.48. The number of benzene rings is 3. The van der Waals surface area contributed by atoms with E-state index >= 15 is 0 Å². The molecule has 0 N–H and O–H groups in total. The van der Waals surface area contributed by atoms with Gasteiger partial charge < -0.3 is 9.47 Å². The average molecular weight is 314 g/mol. The van der Waals surface area contributed by atoms with Gasteiger partial charge in [-0.25, -0.2) is 0 Å². The molecule has 1 heterocycles. The van der Waals surface area contributed by atoms with Gasteiger partial charge in [-0.2, -0.15) is 0 Å². The summed E-state index contributed by atoms with van der Waals surface area (Å²) >= 11 is 0. The summed E-state index contributed by atoms with van der Waals surface area (Å²) in [6, 6.07) is 26.4. The van der Waals surface area contributed by atoms with Crippen molar-refractivity contribution >= 4 is 33.2 Å². The second-order valence-electron chi connectivity index (χ2n) is 6.58. The molecule has 0 aliphatic carbocycles. The van der Waals surface area contributed by atoms with Crippen LogP contribution in [0.2, 0.25) is 0 Å². The maximum absolute atomic E-state index is 2.43. The highest BCUT2D eigenvalue weighted by molar-refractivity contribution is 6.09. The fraction of sp³-hybridized carbons (Fsp3) is 0.182. The number of aromatic nitrogens is 1.